The lowest BCUT2D eigenvalue weighted by Crippen LogP contribution is -2.66. The molecule has 256 valence electrons. The van der Waals surface area contributed by atoms with E-state index in [1.165, 1.54) is 0 Å². The van der Waals surface area contributed by atoms with E-state index in [4.69, 9.17) is 47.4 Å². The van der Waals surface area contributed by atoms with E-state index in [1.807, 2.05) is 0 Å². The smallest absolute Gasteiger partial charge is 0.304 e. The Morgan fingerprint density at radius 1 is 0.543 bits per heavy atom. The van der Waals surface area contributed by atoms with Crippen molar-refractivity contribution in [1.29, 1.82) is 0 Å². The van der Waals surface area contributed by atoms with Crippen LogP contribution in [0.1, 0.15) is 48.5 Å². The van der Waals surface area contributed by atoms with E-state index >= 15 is 0 Å². The lowest BCUT2D eigenvalue weighted by Gasteiger charge is -2.48. The third kappa shape index (κ3) is 11.1. The first kappa shape index (κ1) is 37.7. The zero-order valence-electron chi connectivity index (χ0n) is 26.0. The number of hydrogen-bond acceptors (Lipinski definition) is 18. The minimum Gasteiger partial charge on any atom is -0.463 e. The molecule has 0 aromatic rings. The second kappa shape index (κ2) is 17.2. The molecular formula is C26H35N3O17. The van der Waals surface area contributed by atoms with Crippen LogP contribution in [0.3, 0.4) is 0 Å². The Bertz CT molecular complexity index is 1220. The van der Waals surface area contributed by atoms with Gasteiger partial charge in [0.25, 0.3) is 0 Å². The van der Waals surface area contributed by atoms with Crippen LogP contribution in [0.4, 0.5) is 0 Å². The summed E-state index contributed by atoms with van der Waals surface area (Å²) in [5.74, 6) is -6.07. The summed E-state index contributed by atoms with van der Waals surface area (Å²) in [4.78, 5) is 86.6. The average Bonchev–Trinajstić information content (AvgIpc) is 2.91. The standard InChI is InChI=1S/C26H35N3O17/c1-10(30)37-8-17-20(39-12(3)32)22(19(28-29-27)25(44-17)43-16(7)36)46-26-24(42-15(6)35)23(41-14(5)34)21(40-13(4)33)18(45-26)9-38-11(2)31/h17-26H,8-9H2,1-7H3/t17-,18-,19-,20+,21+,22-,23+,24-,25-,26+/m1/s1. The highest BCUT2D eigenvalue weighted by atomic mass is 16.8. The van der Waals surface area contributed by atoms with Gasteiger partial charge in [-0.05, 0) is 5.53 Å². The first-order valence-electron chi connectivity index (χ1n) is 13.7. The molecule has 10 atom stereocenters. The van der Waals surface area contributed by atoms with Crippen molar-refractivity contribution in [3.05, 3.63) is 10.4 Å². The Kier molecular flexibility index (Phi) is 14.1. The second-order valence-corrected chi connectivity index (χ2v) is 9.89. The molecule has 2 rings (SSSR count). The lowest BCUT2D eigenvalue weighted by molar-refractivity contribution is -0.343. The average molecular weight is 662 g/mol. The van der Waals surface area contributed by atoms with Crippen LogP contribution >= 0.6 is 0 Å². The topological polar surface area (TPSA) is 261 Å². The van der Waals surface area contributed by atoms with Gasteiger partial charge in [0.05, 0.1) is 0 Å². The predicted molar refractivity (Wildman–Crippen MR) is 142 cm³/mol. The van der Waals surface area contributed by atoms with Gasteiger partial charge >= 0.3 is 41.8 Å². The number of hydrogen-bond donors (Lipinski definition) is 0. The highest BCUT2D eigenvalue weighted by Crippen LogP contribution is 2.35. The van der Waals surface area contributed by atoms with Crippen LogP contribution in [-0.2, 0) is 80.9 Å². The summed E-state index contributed by atoms with van der Waals surface area (Å²) in [7, 11) is 0. The van der Waals surface area contributed by atoms with Crippen LogP contribution < -0.4 is 0 Å². The van der Waals surface area contributed by atoms with Crippen LogP contribution in [0.25, 0.3) is 10.4 Å². The van der Waals surface area contributed by atoms with Gasteiger partial charge in [0.15, 0.2) is 30.7 Å². The monoisotopic (exact) mass is 661 g/mol. The molecule has 0 amide bonds. The van der Waals surface area contributed by atoms with E-state index in [1.54, 1.807) is 0 Å². The maximum atomic E-state index is 12.2. The number of nitrogens with zero attached hydrogens (tertiary/aromatic N) is 3. The Morgan fingerprint density at radius 2 is 0.935 bits per heavy atom. The Balaban J connectivity index is 2.74. The van der Waals surface area contributed by atoms with E-state index in [9.17, 15) is 39.1 Å². The molecule has 2 fully saturated rings. The van der Waals surface area contributed by atoms with Crippen LogP contribution in [0.15, 0.2) is 5.11 Å². The molecule has 0 aliphatic carbocycles. The molecule has 2 aliphatic rings. The molecule has 2 saturated heterocycles. The largest absolute Gasteiger partial charge is 0.463 e. The van der Waals surface area contributed by atoms with Gasteiger partial charge in [-0.25, -0.2) is 0 Å². The number of carbonyl (C=O) groups is 7. The molecule has 20 nitrogen and oxygen atoms in total. The summed E-state index contributed by atoms with van der Waals surface area (Å²) in [5.41, 5.74) is 9.37. The van der Waals surface area contributed by atoms with Gasteiger partial charge in [-0.2, -0.15) is 0 Å². The summed E-state index contributed by atoms with van der Waals surface area (Å²) in [6.45, 7) is 6.08. The summed E-state index contributed by atoms with van der Waals surface area (Å²) < 4.78 is 54.6. The molecule has 0 saturated carbocycles. The third-order valence-electron chi connectivity index (χ3n) is 6.07. The Morgan fingerprint density at radius 3 is 1.35 bits per heavy atom. The van der Waals surface area contributed by atoms with Gasteiger partial charge in [0, 0.05) is 53.4 Å². The molecule has 0 unspecified atom stereocenters. The molecule has 0 aromatic heterocycles. The van der Waals surface area contributed by atoms with Crippen LogP contribution in [0.5, 0.6) is 0 Å². The summed E-state index contributed by atoms with van der Waals surface area (Å²) >= 11 is 0. The molecule has 0 aromatic carbocycles. The van der Waals surface area contributed by atoms with Crippen molar-refractivity contribution >= 4 is 41.8 Å². The molecule has 0 N–H and O–H groups in total. The third-order valence-corrected chi connectivity index (χ3v) is 6.07. The van der Waals surface area contributed by atoms with Crippen LogP contribution in [0, 0.1) is 0 Å². The molecule has 0 spiro atoms. The van der Waals surface area contributed by atoms with E-state index in [0.29, 0.717) is 0 Å². The molecule has 2 heterocycles. The molecule has 2 aliphatic heterocycles. The van der Waals surface area contributed by atoms with Gasteiger partial charge in [0.1, 0.15) is 37.6 Å². The van der Waals surface area contributed by atoms with E-state index in [-0.39, 0.29) is 0 Å². The second-order valence-electron chi connectivity index (χ2n) is 9.89. The number of azide groups is 1. The van der Waals surface area contributed by atoms with E-state index < -0.39 is 116 Å². The van der Waals surface area contributed by atoms with Crippen LogP contribution in [-0.4, -0.2) is 116 Å². The minimum atomic E-state index is -1.84. The van der Waals surface area contributed by atoms with Crippen molar-refractivity contribution in [3.8, 4) is 0 Å². The first-order valence-corrected chi connectivity index (χ1v) is 13.7. The van der Waals surface area contributed by atoms with Gasteiger partial charge < -0.3 is 47.4 Å². The quantitative estimate of drug-likeness (QED) is 0.0870. The first-order chi connectivity index (χ1) is 21.5. The highest BCUT2D eigenvalue weighted by Gasteiger charge is 2.57. The number of esters is 7. The van der Waals surface area contributed by atoms with Gasteiger partial charge in [-0.3, -0.25) is 33.6 Å². The SMILES string of the molecule is CC(=O)OC[C@H]1O[C@@H](O[C@@H]2[C@@H](N=[N+]=[N-])[C@H](OC(C)=O)O[C@H](COC(C)=O)[C@@H]2OC(C)=O)[C@H](OC(C)=O)[C@@H](OC(C)=O)[C@H]1OC(C)=O. The Hall–Kier alpha value is -4.52. The maximum Gasteiger partial charge on any atom is 0.304 e. The zero-order chi connectivity index (χ0) is 34.7. The van der Waals surface area contributed by atoms with Gasteiger partial charge in [-0.15, -0.1) is 0 Å². The molecule has 46 heavy (non-hydrogen) atoms. The van der Waals surface area contributed by atoms with Crippen molar-refractivity contribution < 1.29 is 80.9 Å². The lowest BCUT2D eigenvalue weighted by atomic mass is 9.95. The fourth-order valence-corrected chi connectivity index (χ4v) is 4.61. The summed E-state index contributed by atoms with van der Waals surface area (Å²) in [6, 6.07) is -1.64. The van der Waals surface area contributed by atoms with Gasteiger partial charge in [0.2, 0.25) is 6.29 Å². The summed E-state index contributed by atoms with van der Waals surface area (Å²) in [5, 5.41) is 3.61. The number of rotatable bonds is 12. The molecular weight excluding hydrogens is 626 g/mol. The number of carbonyl (C=O) groups excluding carboxylic acids is 7. The molecule has 0 bridgehead atoms. The van der Waals surface area contributed by atoms with Crippen molar-refractivity contribution in [3.63, 3.8) is 0 Å². The Labute approximate surface area is 261 Å². The van der Waals surface area contributed by atoms with Crippen molar-refractivity contribution in [1.82, 2.24) is 0 Å². The molecule has 0 radical (unpaired) electrons. The maximum absolute atomic E-state index is 12.2. The van der Waals surface area contributed by atoms with Gasteiger partial charge in [-0.1, -0.05) is 5.11 Å². The van der Waals surface area contributed by atoms with E-state index in [0.717, 1.165) is 48.5 Å². The van der Waals surface area contributed by atoms with E-state index in [2.05, 4.69) is 10.0 Å². The highest BCUT2D eigenvalue weighted by molar-refractivity contribution is 5.69. The molecule has 20 heteroatoms. The number of ether oxygens (including phenoxy) is 10. The predicted octanol–water partition coefficient (Wildman–Crippen LogP) is -0.0836. The van der Waals surface area contributed by atoms with Crippen molar-refractivity contribution in [2.24, 2.45) is 5.11 Å². The van der Waals surface area contributed by atoms with Crippen LogP contribution in [0.2, 0.25) is 0 Å². The normalized spacial score (nSPS) is 30.3. The van der Waals surface area contributed by atoms with Crippen molar-refractivity contribution in [2.75, 3.05) is 13.2 Å². The van der Waals surface area contributed by atoms with Crippen molar-refractivity contribution in [2.45, 2.75) is 110 Å². The zero-order valence-corrected chi connectivity index (χ0v) is 26.0. The fraction of sp³-hybridized carbons (Fsp3) is 0.731. The fourth-order valence-electron chi connectivity index (χ4n) is 4.61. The summed E-state index contributed by atoms with van der Waals surface area (Å²) in [6.07, 6.45) is -14.5. The minimum absolute atomic E-state index is 0.577.